The molecular formula is C14H16FNO4S. The summed E-state index contributed by atoms with van der Waals surface area (Å²) in [5.74, 6) is -1.56. The zero-order valence-electron chi connectivity index (χ0n) is 11.3. The van der Waals surface area contributed by atoms with E-state index in [1.54, 1.807) is 17.0 Å². The van der Waals surface area contributed by atoms with Crippen LogP contribution in [0.4, 0.5) is 4.39 Å². The Labute approximate surface area is 124 Å². The van der Waals surface area contributed by atoms with Crippen molar-refractivity contribution in [2.75, 3.05) is 26.3 Å². The summed E-state index contributed by atoms with van der Waals surface area (Å²) in [6, 6.07) is 4.52. The average Bonchev–Trinajstić information content (AvgIpc) is 2.80. The fourth-order valence-corrected chi connectivity index (χ4v) is 3.33. The molecule has 5 nitrogen and oxygen atoms in total. The van der Waals surface area contributed by atoms with E-state index in [1.165, 1.54) is 6.07 Å². The van der Waals surface area contributed by atoms with E-state index in [9.17, 15) is 14.3 Å². The highest BCUT2D eigenvalue weighted by Crippen LogP contribution is 2.34. The molecule has 3 N–H and O–H groups in total. The quantitative estimate of drug-likeness (QED) is 0.722. The minimum Gasteiger partial charge on any atom is -0.477 e. The number of nitrogens with zero attached hydrogens (tertiary/aromatic N) is 1. The van der Waals surface area contributed by atoms with Crippen molar-refractivity contribution < 1.29 is 24.5 Å². The lowest BCUT2D eigenvalue weighted by Gasteiger charge is -2.20. The van der Waals surface area contributed by atoms with E-state index in [-0.39, 0.29) is 37.7 Å². The van der Waals surface area contributed by atoms with Gasteiger partial charge in [0.1, 0.15) is 10.7 Å². The number of carboxylic acids is 1. The van der Waals surface area contributed by atoms with Gasteiger partial charge in [0, 0.05) is 35.3 Å². The Bertz CT molecular complexity index is 637. The second kappa shape index (κ2) is 6.95. The van der Waals surface area contributed by atoms with E-state index >= 15 is 0 Å². The summed E-state index contributed by atoms with van der Waals surface area (Å²) in [7, 11) is 0. The van der Waals surface area contributed by atoms with E-state index in [1.807, 2.05) is 0 Å². The van der Waals surface area contributed by atoms with Crippen LogP contribution in [0.15, 0.2) is 18.2 Å². The van der Waals surface area contributed by atoms with Crippen molar-refractivity contribution in [3.63, 3.8) is 0 Å². The van der Waals surface area contributed by atoms with Crippen LogP contribution < -0.4 is 0 Å². The first-order valence-electron chi connectivity index (χ1n) is 6.45. The number of aliphatic hydroxyl groups excluding tert-OH is 2. The minimum atomic E-state index is -1.10. The number of hydrogen-bond acceptors (Lipinski definition) is 5. The number of aromatic carboxylic acids is 1. The van der Waals surface area contributed by atoms with E-state index in [0.29, 0.717) is 15.6 Å². The molecule has 0 aliphatic rings. The molecule has 0 aliphatic carbocycles. The van der Waals surface area contributed by atoms with Crippen molar-refractivity contribution in [3.05, 3.63) is 34.5 Å². The van der Waals surface area contributed by atoms with Gasteiger partial charge in [-0.05, 0) is 12.1 Å². The molecule has 0 amide bonds. The molecule has 0 fully saturated rings. The molecule has 0 radical (unpaired) electrons. The number of carboxylic acid groups (broad SMARTS) is 1. The normalized spacial score (nSPS) is 11.4. The average molecular weight is 313 g/mol. The molecule has 0 atom stereocenters. The second-order valence-corrected chi connectivity index (χ2v) is 5.60. The Morgan fingerprint density at radius 2 is 1.90 bits per heavy atom. The molecule has 0 bridgehead atoms. The Kier molecular flexibility index (Phi) is 5.24. The Morgan fingerprint density at radius 1 is 1.24 bits per heavy atom. The lowest BCUT2D eigenvalue weighted by Crippen LogP contribution is -2.29. The van der Waals surface area contributed by atoms with Crippen molar-refractivity contribution in [2.24, 2.45) is 0 Å². The Balaban J connectivity index is 2.49. The fourth-order valence-electron chi connectivity index (χ4n) is 2.27. The second-order valence-electron chi connectivity index (χ2n) is 4.55. The topological polar surface area (TPSA) is 81.0 Å². The summed E-state index contributed by atoms with van der Waals surface area (Å²) in [4.78, 5) is 13.2. The maximum absolute atomic E-state index is 14.0. The van der Waals surface area contributed by atoms with Gasteiger partial charge in [-0.25, -0.2) is 9.18 Å². The minimum absolute atomic E-state index is 0.0935. The van der Waals surface area contributed by atoms with E-state index in [2.05, 4.69) is 0 Å². The summed E-state index contributed by atoms with van der Waals surface area (Å²) in [5, 5.41) is 27.7. The molecular weight excluding hydrogens is 297 g/mol. The number of aliphatic hydroxyl groups is 2. The summed E-state index contributed by atoms with van der Waals surface area (Å²) in [5.41, 5.74) is 0.391. The van der Waals surface area contributed by atoms with E-state index in [0.717, 1.165) is 11.3 Å². The summed E-state index contributed by atoms with van der Waals surface area (Å²) >= 11 is 1.03. The van der Waals surface area contributed by atoms with Gasteiger partial charge in [-0.1, -0.05) is 6.07 Å². The standard InChI is InChI=1S/C14H16FNO4S/c15-10-2-1-3-11-12(10)9(13(21-11)14(19)20)8-16(4-6-17)5-7-18/h1-3,17-18H,4-8H2,(H,19,20). The number of rotatable bonds is 7. The van der Waals surface area contributed by atoms with Crippen molar-refractivity contribution in [2.45, 2.75) is 6.54 Å². The van der Waals surface area contributed by atoms with Crippen LogP contribution in [0.5, 0.6) is 0 Å². The van der Waals surface area contributed by atoms with Crippen LogP contribution in [-0.4, -0.2) is 52.5 Å². The maximum atomic E-state index is 14.0. The van der Waals surface area contributed by atoms with Crippen LogP contribution >= 0.6 is 11.3 Å². The third-order valence-corrected chi connectivity index (χ3v) is 4.36. The van der Waals surface area contributed by atoms with Crippen LogP contribution in [0, 0.1) is 5.82 Å². The fraction of sp³-hybridized carbons (Fsp3) is 0.357. The lowest BCUT2D eigenvalue weighted by molar-refractivity contribution is 0.0700. The predicted octanol–water partition coefficient (Wildman–Crippen LogP) is 1.53. The van der Waals surface area contributed by atoms with Gasteiger partial charge in [0.15, 0.2) is 0 Å². The molecule has 7 heteroatoms. The monoisotopic (exact) mass is 313 g/mol. The third-order valence-electron chi connectivity index (χ3n) is 3.17. The molecule has 1 heterocycles. The molecule has 0 aliphatic heterocycles. The number of fused-ring (bicyclic) bond motifs is 1. The van der Waals surface area contributed by atoms with Gasteiger partial charge < -0.3 is 15.3 Å². The molecule has 0 spiro atoms. The molecule has 21 heavy (non-hydrogen) atoms. The van der Waals surface area contributed by atoms with Gasteiger partial charge in [0.05, 0.1) is 13.2 Å². The highest BCUT2D eigenvalue weighted by atomic mass is 32.1. The number of hydrogen-bond donors (Lipinski definition) is 3. The first-order valence-corrected chi connectivity index (χ1v) is 7.27. The molecule has 0 unspecified atom stereocenters. The lowest BCUT2D eigenvalue weighted by atomic mass is 10.1. The molecule has 1 aromatic heterocycles. The molecule has 114 valence electrons. The van der Waals surface area contributed by atoms with Crippen LogP contribution in [0.2, 0.25) is 0 Å². The highest BCUT2D eigenvalue weighted by molar-refractivity contribution is 7.21. The van der Waals surface area contributed by atoms with Crippen molar-refractivity contribution in [3.8, 4) is 0 Å². The van der Waals surface area contributed by atoms with E-state index < -0.39 is 11.8 Å². The van der Waals surface area contributed by atoms with Crippen LogP contribution in [0.1, 0.15) is 15.2 Å². The summed E-state index contributed by atoms with van der Waals surface area (Å²) in [6.45, 7) is 0.500. The zero-order chi connectivity index (χ0) is 15.4. The van der Waals surface area contributed by atoms with Gasteiger partial charge in [-0.2, -0.15) is 0 Å². The zero-order valence-corrected chi connectivity index (χ0v) is 12.1. The third kappa shape index (κ3) is 3.38. The number of benzene rings is 1. The molecule has 0 saturated heterocycles. The molecule has 2 aromatic rings. The summed E-state index contributed by atoms with van der Waals surface area (Å²) in [6.07, 6.45) is 0. The van der Waals surface area contributed by atoms with Gasteiger partial charge in [0.2, 0.25) is 0 Å². The first-order chi connectivity index (χ1) is 10.1. The maximum Gasteiger partial charge on any atom is 0.346 e. The van der Waals surface area contributed by atoms with Crippen molar-refractivity contribution in [1.29, 1.82) is 0 Å². The van der Waals surface area contributed by atoms with Gasteiger partial charge in [-0.3, -0.25) is 4.90 Å². The SMILES string of the molecule is O=C(O)c1sc2cccc(F)c2c1CN(CCO)CCO. The Hall–Kier alpha value is -1.54. The first kappa shape index (κ1) is 15.8. The van der Waals surface area contributed by atoms with Gasteiger partial charge in [-0.15, -0.1) is 11.3 Å². The molecule has 0 saturated carbocycles. The molecule has 2 rings (SSSR count). The largest absolute Gasteiger partial charge is 0.477 e. The Morgan fingerprint density at radius 3 is 2.48 bits per heavy atom. The highest BCUT2D eigenvalue weighted by Gasteiger charge is 2.21. The van der Waals surface area contributed by atoms with Gasteiger partial charge in [0.25, 0.3) is 0 Å². The smallest absolute Gasteiger partial charge is 0.346 e. The number of carbonyl (C=O) groups is 1. The van der Waals surface area contributed by atoms with Crippen LogP contribution in [0.25, 0.3) is 10.1 Å². The number of thiophene rings is 1. The number of halogens is 1. The van der Waals surface area contributed by atoms with Crippen molar-refractivity contribution >= 4 is 27.4 Å². The predicted molar refractivity (Wildman–Crippen MR) is 78.2 cm³/mol. The van der Waals surface area contributed by atoms with Crippen molar-refractivity contribution in [1.82, 2.24) is 4.90 Å². The molecule has 1 aromatic carbocycles. The van der Waals surface area contributed by atoms with Crippen LogP contribution in [-0.2, 0) is 6.54 Å². The van der Waals surface area contributed by atoms with Gasteiger partial charge >= 0.3 is 5.97 Å². The van der Waals surface area contributed by atoms with E-state index in [4.69, 9.17) is 10.2 Å². The van der Waals surface area contributed by atoms with Crippen LogP contribution in [0.3, 0.4) is 0 Å². The summed E-state index contributed by atoms with van der Waals surface area (Å²) < 4.78 is 14.6.